The number of hydrogen-bond donors (Lipinski definition) is 0. The molecule has 0 N–H and O–H groups in total. The maximum atomic E-state index is 12.7. The molecule has 0 unspecified atom stereocenters. The van der Waals surface area contributed by atoms with Crippen molar-refractivity contribution in [1.82, 2.24) is 19.3 Å². The lowest BCUT2D eigenvalue weighted by molar-refractivity contribution is -0.131. The predicted molar refractivity (Wildman–Crippen MR) is 109 cm³/mol. The summed E-state index contributed by atoms with van der Waals surface area (Å²) in [5.74, 6) is 0.651. The van der Waals surface area contributed by atoms with Gasteiger partial charge in [0.15, 0.2) is 0 Å². The van der Waals surface area contributed by atoms with Crippen LogP contribution in [0, 0.1) is 13.8 Å². The number of aryl methyl sites for hydroxylation is 2. The normalized spacial score (nSPS) is 16.2. The van der Waals surface area contributed by atoms with Crippen LogP contribution in [0.2, 0.25) is 0 Å². The lowest BCUT2D eigenvalue weighted by Crippen LogP contribution is -2.42. The first-order chi connectivity index (χ1) is 13.8. The van der Waals surface area contributed by atoms with E-state index in [1.807, 2.05) is 13.8 Å². The van der Waals surface area contributed by atoms with Crippen LogP contribution in [-0.2, 0) is 21.4 Å². The zero-order valence-corrected chi connectivity index (χ0v) is 18.0. The summed E-state index contributed by atoms with van der Waals surface area (Å²) in [6.45, 7) is 7.20. The highest BCUT2D eigenvalue weighted by molar-refractivity contribution is 7.89. The van der Waals surface area contributed by atoms with E-state index in [9.17, 15) is 13.2 Å². The summed E-state index contributed by atoms with van der Waals surface area (Å²) >= 11 is 0. The Kier molecular flexibility index (Phi) is 6.71. The van der Waals surface area contributed by atoms with E-state index in [0.717, 1.165) is 47.4 Å². The molecule has 9 heteroatoms. The van der Waals surface area contributed by atoms with Crippen molar-refractivity contribution in [2.24, 2.45) is 0 Å². The Labute approximate surface area is 172 Å². The number of amides is 1. The van der Waals surface area contributed by atoms with Crippen molar-refractivity contribution in [2.75, 3.05) is 39.8 Å². The van der Waals surface area contributed by atoms with E-state index in [1.165, 1.54) is 19.2 Å². The molecule has 0 bridgehead atoms. The third-order valence-corrected chi connectivity index (χ3v) is 7.13. The summed E-state index contributed by atoms with van der Waals surface area (Å²) in [5.41, 5.74) is 1.99. The summed E-state index contributed by atoms with van der Waals surface area (Å²) in [4.78, 5) is 17.0. The Morgan fingerprint density at radius 1 is 1.14 bits per heavy atom. The molecule has 0 saturated carbocycles. The quantitative estimate of drug-likeness (QED) is 0.706. The standard InChI is InChI=1S/C20H28N4O4S/c1-16-19(17(2)28-21-16)14-23-10-7-11-24(13-12-23)20(25)15-22(3)29(26,27)18-8-5-4-6-9-18/h4-6,8-9H,7,10-15H2,1-3H3. The monoisotopic (exact) mass is 420 g/mol. The van der Waals surface area contributed by atoms with Gasteiger partial charge in [-0.25, -0.2) is 8.42 Å². The van der Waals surface area contributed by atoms with Gasteiger partial charge in [-0.1, -0.05) is 23.4 Å². The van der Waals surface area contributed by atoms with Gasteiger partial charge in [0.1, 0.15) is 5.76 Å². The minimum atomic E-state index is -3.68. The molecule has 0 aliphatic carbocycles. The SMILES string of the molecule is Cc1noc(C)c1CN1CCCN(C(=O)CN(C)S(=O)(=O)c2ccccc2)CC1. The Bertz CT molecular complexity index is 923. The molecule has 1 aliphatic rings. The summed E-state index contributed by atoms with van der Waals surface area (Å²) in [7, 11) is -2.23. The maximum absolute atomic E-state index is 12.7. The molecule has 0 atom stereocenters. The topological polar surface area (TPSA) is 87.0 Å². The molecule has 1 aliphatic heterocycles. The fraction of sp³-hybridized carbons (Fsp3) is 0.500. The first-order valence-corrected chi connectivity index (χ1v) is 11.2. The summed E-state index contributed by atoms with van der Waals surface area (Å²) < 4.78 is 31.6. The van der Waals surface area contributed by atoms with Crippen molar-refractivity contribution < 1.29 is 17.7 Å². The fourth-order valence-electron chi connectivity index (χ4n) is 3.48. The van der Waals surface area contributed by atoms with Gasteiger partial charge in [0, 0.05) is 45.3 Å². The van der Waals surface area contributed by atoms with E-state index < -0.39 is 10.0 Å². The molecule has 8 nitrogen and oxygen atoms in total. The van der Waals surface area contributed by atoms with Gasteiger partial charge in [0.05, 0.1) is 17.1 Å². The van der Waals surface area contributed by atoms with E-state index in [2.05, 4.69) is 10.1 Å². The first-order valence-electron chi connectivity index (χ1n) is 9.72. The smallest absolute Gasteiger partial charge is 0.243 e. The average molecular weight is 421 g/mol. The number of nitrogens with zero attached hydrogens (tertiary/aromatic N) is 4. The number of benzene rings is 1. The molecule has 1 aromatic carbocycles. The molecular weight excluding hydrogens is 392 g/mol. The molecule has 0 radical (unpaired) electrons. The molecule has 1 fully saturated rings. The lowest BCUT2D eigenvalue weighted by Gasteiger charge is -2.24. The van der Waals surface area contributed by atoms with E-state index in [-0.39, 0.29) is 17.3 Å². The van der Waals surface area contributed by atoms with Crippen LogP contribution in [0.15, 0.2) is 39.8 Å². The predicted octanol–water partition coefficient (Wildman–Crippen LogP) is 1.65. The second-order valence-electron chi connectivity index (χ2n) is 7.39. The summed E-state index contributed by atoms with van der Waals surface area (Å²) in [6.07, 6.45) is 0.838. The van der Waals surface area contributed by atoms with Crippen LogP contribution in [0.4, 0.5) is 0 Å². The van der Waals surface area contributed by atoms with Crippen LogP contribution in [-0.4, -0.2) is 73.4 Å². The fourth-order valence-corrected chi connectivity index (χ4v) is 4.62. The Morgan fingerprint density at radius 3 is 2.52 bits per heavy atom. The minimum Gasteiger partial charge on any atom is -0.361 e. The van der Waals surface area contributed by atoms with Gasteiger partial charge in [-0.2, -0.15) is 4.31 Å². The zero-order chi connectivity index (χ0) is 21.0. The van der Waals surface area contributed by atoms with Gasteiger partial charge in [-0.05, 0) is 32.4 Å². The molecule has 2 aromatic rings. The highest BCUT2D eigenvalue weighted by Crippen LogP contribution is 2.17. The second-order valence-corrected chi connectivity index (χ2v) is 9.43. The van der Waals surface area contributed by atoms with Crippen molar-refractivity contribution in [2.45, 2.75) is 31.7 Å². The van der Waals surface area contributed by atoms with Crippen LogP contribution in [0.25, 0.3) is 0 Å². The van der Waals surface area contributed by atoms with Crippen LogP contribution in [0.5, 0.6) is 0 Å². The maximum Gasteiger partial charge on any atom is 0.243 e. The van der Waals surface area contributed by atoms with Gasteiger partial charge >= 0.3 is 0 Å². The van der Waals surface area contributed by atoms with Crippen molar-refractivity contribution in [3.63, 3.8) is 0 Å². The highest BCUT2D eigenvalue weighted by Gasteiger charge is 2.26. The Balaban J connectivity index is 1.58. The van der Waals surface area contributed by atoms with Gasteiger partial charge in [0.2, 0.25) is 15.9 Å². The van der Waals surface area contributed by atoms with Crippen LogP contribution in [0.1, 0.15) is 23.4 Å². The third kappa shape index (κ3) is 5.04. The van der Waals surface area contributed by atoms with Crippen LogP contribution < -0.4 is 0 Å². The van der Waals surface area contributed by atoms with Gasteiger partial charge < -0.3 is 9.42 Å². The van der Waals surface area contributed by atoms with Gasteiger partial charge in [-0.3, -0.25) is 9.69 Å². The Morgan fingerprint density at radius 2 is 1.86 bits per heavy atom. The van der Waals surface area contributed by atoms with E-state index >= 15 is 0 Å². The van der Waals surface area contributed by atoms with Crippen molar-refractivity contribution in [3.8, 4) is 0 Å². The average Bonchev–Trinajstić information content (AvgIpc) is 2.89. The number of likely N-dealkylation sites (N-methyl/N-ethyl adjacent to an activating group) is 1. The molecule has 1 aromatic heterocycles. The molecule has 1 saturated heterocycles. The largest absolute Gasteiger partial charge is 0.361 e. The van der Waals surface area contributed by atoms with Crippen molar-refractivity contribution >= 4 is 15.9 Å². The van der Waals surface area contributed by atoms with Gasteiger partial charge in [-0.15, -0.1) is 0 Å². The first kappa shape index (κ1) is 21.5. The highest BCUT2D eigenvalue weighted by atomic mass is 32.2. The number of carbonyl (C=O) groups excluding carboxylic acids is 1. The van der Waals surface area contributed by atoms with Crippen LogP contribution >= 0.6 is 0 Å². The second kappa shape index (κ2) is 9.06. The van der Waals surface area contributed by atoms with E-state index in [0.29, 0.717) is 13.1 Å². The number of hydrogen-bond acceptors (Lipinski definition) is 6. The zero-order valence-electron chi connectivity index (χ0n) is 17.2. The minimum absolute atomic E-state index is 0.166. The number of aromatic nitrogens is 1. The van der Waals surface area contributed by atoms with Gasteiger partial charge in [0.25, 0.3) is 0 Å². The van der Waals surface area contributed by atoms with Crippen LogP contribution in [0.3, 0.4) is 0 Å². The molecule has 3 rings (SSSR count). The third-order valence-electron chi connectivity index (χ3n) is 5.31. The Hall–Kier alpha value is -2.23. The molecule has 0 spiro atoms. The summed E-state index contributed by atoms with van der Waals surface area (Å²) in [5, 5.41) is 4.00. The van der Waals surface area contributed by atoms with Crippen molar-refractivity contribution in [3.05, 3.63) is 47.3 Å². The molecule has 158 valence electrons. The molecular formula is C20H28N4O4S. The molecule has 1 amide bonds. The van der Waals surface area contributed by atoms with E-state index in [1.54, 1.807) is 23.1 Å². The number of sulfonamides is 1. The summed E-state index contributed by atoms with van der Waals surface area (Å²) in [6, 6.07) is 8.18. The lowest BCUT2D eigenvalue weighted by atomic mass is 10.2. The number of carbonyl (C=O) groups is 1. The molecule has 2 heterocycles. The van der Waals surface area contributed by atoms with Crippen molar-refractivity contribution in [1.29, 1.82) is 0 Å². The van der Waals surface area contributed by atoms with E-state index in [4.69, 9.17) is 4.52 Å². The number of rotatable bonds is 6. The molecule has 29 heavy (non-hydrogen) atoms.